The van der Waals surface area contributed by atoms with Gasteiger partial charge in [-0.3, -0.25) is 0 Å². The second kappa shape index (κ2) is 8.90. The molecule has 2 aromatic heterocycles. The molecule has 0 radical (unpaired) electrons. The van der Waals surface area contributed by atoms with E-state index in [1.165, 1.54) is 0 Å². The number of aromatic nitrogens is 3. The van der Waals surface area contributed by atoms with Gasteiger partial charge >= 0.3 is 12.0 Å². The van der Waals surface area contributed by atoms with Crippen molar-refractivity contribution in [2.24, 2.45) is 0 Å². The summed E-state index contributed by atoms with van der Waals surface area (Å²) in [5.74, 6) is 0.635. The lowest BCUT2D eigenvalue weighted by Gasteiger charge is -2.68. The minimum absolute atomic E-state index is 0.156. The number of morpholine rings is 1. The minimum atomic E-state index is -0.281. The summed E-state index contributed by atoms with van der Waals surface area (Å²) in [5, 5.41) is 10.2. The molecule has 4 aliphatic rings. The first-order valence-corrected chi connectivity index (χ1v) is 13.2. The Morgan fingerprint density at radius 2 is 1.95 bits per heavy atom. The highest BCUT2D eigenvalue weighted by atomic mass is 16.6. The van der Waals surface area contributed by atoms with Crippen molar-refractivity contribution in [1.29, 1.82) is 0 Å². The molecule has 0 spiro atoms. The van der Waals surface area contributed by atoms with Gasteiger partial charge in [-0.2, -0.15) is 9.58 Å². The van der Waals surface area contributed by atoms with Crippen molar-refractivity contribution in [3.8, 4) is 0 Å². The molecule has 0 saturated carbocycles. The number of piperazine rings is 1. The molecule has 3 saturated heterocycles. The molecule has 4 aliphatic heterocycles. The number of amides is 2. The Labute approximate surface area is 219 Å². The Kier molecular flexibility index (Phi) is 5.46. The highest BCUT2D eigenvalue weighted by molar-refractivity contribution is 5.90. The van der Waals surface area contributed by atoms with E-state index in [-0.39, 0.29) is 12.0 Å². The van der Waals surface area contributed by atoms with Crippen molar-refractivity contribution < 1.29 is 23.7 Å². The van der Waals surface area contributed by atoms with Crippen LogP contribution in [-0.4, -0.2) is 99.2 Å². The van der Waals surface area contributed by atoms with Crippen molar-refractivity contribution in [1.82, 2.24) is 24.5 Å². The van der Waals surface area contributed by atoms with Gasteiger partial charge in [0, 0.05) is 30.5 Å². The largest absolute Gasteiger partial charge is 0.450 e. The minimum Gasteiger partial charge on any atom is -0.450 e. The van der Waals surface area contributed by atoms with Crippen molar-refractivity contribution >= 4 is 34.9 Å². The number of nitrogens with zero attached hydrogens (tertiary/aromatic N) is 6. The predicted octanol–water partition coefficient (Wildman–Crippen LogP) is 2.69. The van der Waals surface area contributed by atoms with Crippen LogP contribution in [0.2, 0.25) is 0 Å². The van der Waals surface area contributed by atoms with Gasteiger partial charge < -0.3 is 19.7 Å². The third-order valence-electron chi connectivity index (χ3n) is 8.05. The fourth-order valence-corrected chi connectivity index (χ4v) is 6.30. The topological polar surface area (TPSA) is 101 Å². The molecule has 196 valence electrons. The number of fused-ring (bicyclic) bond motifs is 1. The number of quaternary nitrogens is 1. The van der Waals surface area contributed by atoms with Gasteiger partial charge in [0.05, 0.1) is 25.4 Å². The highest BCUT2D eigenvalue weighted by Gasteiger charge is 2.71. The number of hydrogen-bond donors (Lipinski definition) is 1. The van der Waals surface area contributed by atoms with Crippen molar-refractivity contribution in [2.75, 3.05) is 51.3 Å². The average molecular weight is 517 g/mol. The second-order valence-electron chi connectivity index (χ2n) is 10.3. The smallest absolute Gasteiger partial charge is 0.410 e. The van der Waals surface area contributed by atoms with Crippen LogP contribution in [0.4, 0.5) is 16.4 Å². The average Bonchev–Trinajstić information content (AvgIpc) is 3.32. The molecule has 38 heavy (non-hydrogen) atoms. The molecule has 3 aromatic rings. The number of benzene rings is 1. The third-order valence-corrected chi connectivity index (χ3v) is 8.05. The van der Waals surface area contributed by atoms with Crippen LogP contribution in [0.1, 0.15) is 29.3 Å². The number of ether oxygens (including phenoxy) is 2. The molecule has 2 atom stereocenters. The molecule has 11 nitrogen and oxygen atoms in total. The first kappa shape index (κ1) is 23.3. The standard InChI is InChI=1S/C27H29N7O4/c1-2-38-27(36)31-12-9-18(10-13-31)23-4-3-11-32-24(23)29-26(30-32)28-20-7-5-19(6-8-20)25(35)34-14-21-16-37-17-22(15-34)33(21)34/h3-9,11,21-22H,2,10,12-17H2,1H3/p+1. The molecule has 7 rings (SSSR count). The highest BCUT2D eigenvalue weighted by Crippen LogP contribution is 2.44. The van der Waals surface area contributed by atoms with Gasteiger partial charge in [0.25, 0.3) is 0 Å². The second-order valence-corrected chi connectivity index (χ2v) is 10.3. The summed E-state index contributed by atoms with van der Waals surface area (Å²) in [4.78, 5) is 31.8. The zero-order valence-electron chi connectivity index (χ0n) is 21.2. The first-order chi connectivity index (χ1) is 18.6. The van der Waals surface area contributed by atoms with Gasteiger partial charge in [-0.05, 0) is 55.3 Å². The van der Waals surface area contributed by atoms with Gasteiger partial charge in [-0.1, -0.05) is 6.08 Å². The Hall–Kier alpha value is -3.80. The van der Waals surface area contributed by atoms with E-state index >= 15 is 0 Å². The van der Waals surface area contributed by atoms with Gasteiger partial charge in [-0.25, -0.2) is 14.1 Å². The lowest BCUT2D eigenvalue weighted by molar-refractivity contribution is -1.08. The Balaban J connectivity index is 1.06. The van der Waals surface area contributed by atoms with Gasteiger partial charge in [-0.15, -0.1) is 10.1 Å². The van der Waals surface area contributed by atoms with E-state index in [0.29, 0.717) is 47.9 Å². The van der Waals surface area contributed by atoms with Crippen LogP contribution in [0.15, 0.2) is 48.7 Å². The molecule has 1 N–H and O–H groups in total. The Morgan fingerprint density at radius 3 is 2.66 bits per heavy atom. The number of hydrogen-bond acceptors (Lipinski definition) is 8. The fraction of sp³-hybridized carbons (Fsp3) is 0.407. The van der Waals surface area contributed by atoms with Gasteiger partial charge in [0.15, 0.2) is 5.65 Å². The first-order valence-electron chi connectivity index (χ1n) is 13.2. The van der Waals surface area contributed by atoms with Gasteiger partial charge in [0.1, 0.15) is 25.2 Å². The summed E-state index contributed by atoms with van der Waals surface area (Å²) in [6.07, 6.45) is 4.36. The monoisotopic (exact) mass is 516 g/mol. The van der Waals surface area contributed by atoms with E-state index in [2.05, 4.69) is 21.5 Å². The van der Waals surface area contributed by atoms with Crippen molar-refractivity contribution in [3.63, 3.8) is 0 Å². The quantitative estimate of drug-likeness (QED) is 0.517. The van der Waals surface area contributed by atoms with Crippen LogP contribution in [-0.2, 0) is 9.47 Å². The summed E-state index contributed by atoms with van der Waals surface area (Å²) in [6, 6.07) is 12.3. The molecule has 0 aliphatic carbocycles. The maximum atomic E-state index is 13.3. The lowest BCUT2D eigenvalue weighted by Crippen LogP contribution is -2.93. The summed E-state index contributed by atoms with van der Waals surface area (Å²) in [5.41, 5.74) is 4.40. The normalized spacial score (nSPS) is 26.1. The number of rotatable bonds is 5. The molecule has 2 unspecified atom stereocenters. The third kappa shape index (κ3) is 3.61. The lowest BCUT2D eigenvalue weighted by atomic mass is 9.94. The molecule has 1 aromatic carbocycles. The van der Waals surface area contributed by atoms with E-state index in [9.17, 15) is 9.59 Å². The predicted molar refractivity (Wildman–Crippen MR) is 138 cm³/mol. The summed E-state index contributed by atoms with van der Waals surface area (Å²) >= 11 is 0. The molecule has 0 bridgehead atoms. The number of pyridine rings is 1. The zero-order chi connectivity index (χ0) is 25.9. The summed E-state index contributed by atoms with van der Waals surface area (Å²) in [7, 11) is 0. The van der Waals surface area contributed by atoms with Crippen LogP contribution in [0.25, 0.3) is 11.2 Å². The Morgan fingerprint density at radius 1 is 1.16 bits per heavy atom. The summed E-state index contributed by atoms with van der Waals surface area (Å²) in [6.45, 7) is 6.41. The van der Waals surface area contributed by atoms with Crippen LogP contribution >= 0.6 is 0 Å². The number of anilines is 2. The SMILES string of the molecule is CCOC(=O)N1CC=C(c2cccn3nc(Nc4ccc(C(=O)[N+]56CC7COCC(C5)N76)cc4)nc23)CC1. The molecule has 11 heteroatoms. The number of carbonyl (C=O) groups is 2. The van der Waals surface area contributed by atoms with E-state index in [1.807, 2.05) is 49.5 Å². The van der Waals surface area contributed by atoms with Gasteiger partial charge in [0.2, 0.25) is 5.95 Å². The number of nitrogens with one attached hydrogen (secondary N) is 1. The molecule has 6 heterocycles. The van der Waals surface area contributed by atoms with Crippen LogP contribution in [0.5, 0.6) is 0 Å². The van der Waals surface area contributed by atoms with Crippen molar-refractivity contribution in [2.45, 2.75) is 25.4 Å². The maximum absolute atomic E-state index is 13.3. The summed E-state index contributed by atoms with van der Waals surface area (Å²) < 4.78 is 12.9. The molecule has 3 fully saturated rings. The van der Waals surface area contributed by atoms with Crippen LogP contribution in [0, 0.1) is 0 Å². The Bertz CT molecular complexity index is 1440. The van der Waals surface area contributed by atoms with E-state index in [0.717, 1.165) is 55.2 Å². The van der Waals surface area contributed by atoms with Crippen LogP contribution in [0.3, 0.4) is 0 Å². The van der Waals surface area contributed by atoms with E-state index in [4.69, 9.17) is 14.5 Å². The maximum Gasteiger partial charge on any atom is 0.410 e. The fourth-order valence-electron chi connectivity index (χ4n) is 6.30. The number of carbonyl (C=O) groups excluding carboxylic acids is 2. The van der Waals surface area contributed by atoms with Crippen LogP contribution < -0.4 is 5.32 Å². The molecule has 2 amide bonds. The molecular formula is C27H30N7O4+. The molecular weight excluding hydrogens is 486 g/mol. The van der Waals surface area contributed by atoms with E-state index < -0.39 is 0 Å². The zero-order valence-corrected chi connectivity index (χ0v) is 21.2. The van der Waals surface area contributed by atoms with Crippen molar-refractivity contribution in [3.05, 3.63) is 59.8 Å². The van der Waals surface area contributed by atoms with E-state index in [1.54, 1.807) is 9.42 Å².